The molecule has 0 aliphatic rings. The molecule has 2 nitrogen and oxygen atoms in total. The van der Waals surface area contributed by atoms with Crippen LogP contribution in [0.2, 0.25) is 0 Å². The van der Waals surface area contributed by atoms with Gasteiger partial charge in [0.2, 0.25) is 0 Å². The molecule has 0 amide bonds. The number of hydrogen-bond donors (Lipinski definition) is 1. The number of para-hydroxylation sites is 1. The lowest BCUT2D eigenvalue weighted by Crippen LogP contribution is -2.11. The second kappa shape index (κ2) is 5.58. The number of aryl methyl sites for hydroxylation is 1. The highest BCUT2D eigenvalue weighted by Gasteiger charge is 2.14. The van der Waals surface area contributed by atoms with Gasteiger partial charge in [-0.2, -0.15) is 0 Å². The van der Waals surface area contributed by atoms with Crippen LogP contribution in [0.1, 0.15) is 30.7 Å². The van der Waals surface area contributed by atoms with E-state index in [1.54, 1.807) is 6.26 Å². The summed E-state index contributed by atoms with van der Waals surface area (Å²) in [4.78, 5) is 0. The molecular weight excluding hydrogens is 222 g/mol. The van der Waals surface area contributed by atoms with Crippen molar-refractivity contribution in [1.29, 1.82) is 0 Å². The number of rotatable bonds is 5. The van der Waals surface area contributed by atoms with E-state index >= 15 is 0 Å². The summed E-state index contributed by atoms with van der Waals surface area (Å²) in [5.41, 5.74) is 3.51. The number of furan rings is 1. The molecule has 0 aliphatic heterocycles. The monoisotopic (exact) mass is 241 g/mol. The molecule has 0 spiro atoms. The second-order valence-electron chi connectivity index (χ2n) is 4.69. The fourth-order valence-corrected chi connectivity index (χ4v) is 1.98. The summed E-state index contributed by atoms with van der Waals surface area (Å²) in [5.74, 6) is 0.946. The summed E-state index contributed by atoms with van der Waals surface area (Å²) in [6.07, 6.45) is 2.57. The van der Waals surface area contributed by atoms with Crippen LogP contribution in [0.3, 0.4) is 0 Å². The van der Waals surface area contributed by atoms with Crippen LogP contribution < -0.4 is 5.32 Å². The Morgan fingerprint density at radius 1 is 1.28 bits per heavy atom. The lowest BCUT2D eigenvalue weighted by molar-refractivity contribution is 0.477. The number of anilines is 1. The summed E-state index contributed by atoms with van der Waals surface area (Å²) in [5, 5.41) is 3.53. The predicted octanol–water partition coefficient (Wildman–Crippen LogP) is 4.71. The van der Waals surface area contributed by atoms with Crippen LogP contribution >= 0.6 is 0 Å². The Hall–Kier alpha value is -1.96. The average Bonchev–Trinajstić information content (AvgIpc) is 2.84. The molecule has 0 unspecified atom stereocenters. The lowest BCUT2D eigenvalue weighted by Gasteiger charge is -2.19. The summed E-state index contributed by atoms with van der Waals surface area (Å²) < 4.78 is 5.50. The van der Waals surface area contributed by atoms with E-state index in [0.29, 0.717) is 0 Å². The summed E-state index contributed by atoms with van der Waals surface area (Å²) in [6, 6.07) is 12.3. The van der Waals surface area contributed by atoms with Gasteiger partial charge in [0.15, 0.2) is 0 Å². The largest absolute Gasteiger partial charge is 0.467 e. The van der Waals surface area contributed by atoms with Gasteiger partial charge in [-0.15, -0.1) is 6.58 Å². The Kier molecular flexibility index (Phi) is 3.88. The first-order valence-electron chi connectivity index (χ1n) is 6.17. The number of benzene rings is 1. The standard InChI is InChI=1S/C16H19NO/c1-12(2)11-15(16-9-6-10-18-16)17-14-8-5-4-7-13(14)3/h4-10,15,17H,1,11H2,2-3H3/t15-/m0/s1. The molecule has 1 heterocycles. The van der Waals surface area contributed by atoms with Crippen LogP contribution in [-0.4, -0.2) is 0 Å². The Bertz CT molecular complexity index is 514. The van der Waals surface area contributed by atoms with Gasteiger partial charge < -0.3 is 9.73 Å². The van der Waals surface area contributed by atoms with Crippen molar-refractivity contribution in [2.75, 3.05) is 5.32 Å². The van der Waals surface area contributed by atoms with Crippen LogP contribution in [0.15, 0.2) is 59.2 Å². The zero-order valence-electron chi connectivity index (χ0n) is 10.9. The van der Waals surface area contributed by atoms with Crippen molar-refractivity contribution < 1.29 is 4.42 Å². The molecule has 1 aromatic heterocycles. The zero-order chi connectivity index (χ0) is 13.0. The van der Waals surface area contributed by atoms with Crippen LogP contribution in [0.25, 0.3) is 0 Å². The normalized spacial score (nSPS) is 12.1. The Labute approximate surface area is 108 Å². The highest BCUT2D eigenvalue weighted by atomic mass is 16.3. The molecule has 1 atom stereocenters. The Balaban J connectivity index is 2.20. The summed E-state index contributed by atoms with van der Waals surface area (Å²) in [6.45, 7) is 8.12. The molecule has 0 bridgehead atoms. The molecule has 0 fully saturated rings. The molecule has 94 valence electrons. The first-order chi connectivity index (χ1) is 8.66. The molecule has 18 heavy (non-hydrogen) atoms. The molecule has 2 aromatic rings. The molecule has 0 radical (unpaired) electrons. The third kappa shape index (κ3) is 3.04. The van der Waals surface area contributed by atoms with E-state index in [1.807, 2.05) is 31.2 Å². The van der Waals surface area contributed by atoms with Crippen molar-refractivity contribution >= 4 is 5.69 Å². The van der Waals surface area contributed by atoms with Crippen molar-refractivity contribution in [3.8, 4) is 0 Å². The van der Waals surface area contributed by atoms with Crippen molar-refractivity contribution in [3.05, 3.63) is 66.1 Å². The lowest BCUT2D eigenvalue weighted by atomic mass is 10.1. The second-order valence-corrected chi connectivity index (χ2v) is 4.69. The van der Waals surface area contributed by atoms with E-state index in [1.165, 1.54) is 5.56 Å². The third-order valence-electron chi connectivity index (χ3n) is 2.91. The SMILES string of the molecule is C=C(C)C[C@H](Nc1ccccc1C)c1ccco1. The molecule has 1 N–H and O–H groups in total. The minimum atomic E-state index is 0.138. The quantitative estimate of drug-likeness (QED) is 0.767. The van der Waals surface area contributed by atoms with E-state index in [4.69, 9.17) is 4.42 Å². The Morgan fingerprint density at radius 2 is 2.06 bits per heavy atom. The van der Waals surface area contributed by atoms with Crippen LogP contribution in [0, 0.1) is 6.92 Å². The van der Waals surface area contributed by atoms with Gasteiger partial charge in [0.05, 0.1) is 12.3 Å². The number of hydrogen-bond acceptors (Lipinski definition) is 2. The van der Waals surface area contributed by atoms with Crippen molar-refractivity contribution in [2.45, 2.75) is 26.3 Å². The van der Waals surface area contributed by atoms with E-state index in [9.17, 15) is 0 Å². The van der Waals surface area contributed by atoms with E-state index in [2.05, 4.69) is 31.0 Å². The zero-order valence-corrected chi connectivity index (χ0v) is 10.9. The van der Waals surface area contributed by atoms with Crippen LogP contribution in [-0.2, 0) is 0 Å². The molecular formula is C16H19NO. The fraction of sp³-hybridized carbons (Fsp3) is 0.250. The van der Waals surface area contributed by atoms with E-state index in [0.717, 1.165) is 23.4 Å². The smallest absolute Gasteiger partial charge is 0.126 e. The first kappa shape index (κ1) is 12.5. The van der Waals surface area contributed by atoms with Gasteiger partial charge in [0.1, 0.15) is 5.76 Å². The van der Waals surface area contributed by atoms with Gasteiger partial charge in [0.25, 0.3) is 0 Å². The average molecular weight is 241 g/mol. The third-order valence-corrected chi connectivity index (χ3v) is 2.91. The Morgan fingerprint density at radius 3 is 2.67 bits per heavy atom. The van der Waals surface area contributed by atoms with Crippen LogP contribution in [0.5, 0.6) is 0 Å². The summed E-state index contributed by atoms with van der Waals surface area (Å²) in [7, 11) is 0. The molecule has 0 saturated heterocycles. The molecule has 2 heteroatoms. The highest BCUT2D eigenvalue weighted by Crippen LogP contribution is 2.27. The van der Waals surface area contributed by atoms with Gasteiger partial charge in [-0.25, -0.2) is 0 Å². The minimum Gasteiger partial charge on any atom is -0.467 e. The van der Waals surface area contributed by atoms with Gasteiger partial charge in [-0.3, -0.25) is 0 Å². The maximum Gasteiger partial charge on any atom is 0.126 e. The van der Waals surface area contributed by atoms with Crippen molar-refractivity contribution in [1.82, 2.24) is 0 Å². The van der Waals surface area contributed by atoms with Gasteiger partial charge >= 0.3 is 0 Å². The van der Waals surface area contributed by atoms with Gasteiger partial charge in [-0.05, 0) is 44.0 Å². The molecule has 0 saturated carbocycles. The van der Waals surface area contributed by atoms with Crippen molar-refractivity contribution in [2.24, 2.45) is 0 Å². The molecule has 1 aromatic carbocycles. The maximum absolute atomic E-state index is 5.50. The minimum absolute atomic E-state index is 0.138. The van der Waals surface area contributed by atoms with Crippen LogP contribution in [0.4, 0.5) is 5.69 Å². The van der Waals surface area contributed by atoms with Gasteiger partial charge in [-0.1, -0.05) is 23.8 Å². The van der Waals surface area contributed by atoms with Gasteiger partial charge in [0, 0.05) is 5.69 Å². The highest BCUT2D eigenvalue weighted by molar-refractivity contribution is 5.51. The van der Waals surface area contributed by atoms with E-state index < -0.39 is 0 Å². The van der Waals surface area contributed by atoms with E-state index in [-0.39, 0.29) is 6.04 Å². The fourth-order valence-electron chi connectivity index (χ4n) is 1.98. The summed E-state index contributed by atoms with van der Waals surface area (Å²) >= 11 is 0. The first-order valence-corrected chi connectivity index (χ1v) is 6.17. The maximum atomic E-state index is 5.50. The molecule has 0 aliphatic carbocycles. The predicted molar refractivity (Wildman–Crippen MR) is 75.7 cm³/mol. The molecule has 2 rings (SSSR count). The number of nitrogens with one attached hydrogen (secondary N) is 1. The van der Waals surface area contributed by atoms with Crippen molar-refractivity contribution in [3.63, 3.8) is 0 Å². The topological polar surface area (TPSA) is 25.2 Å².